The van der Waals surface area contributed by atoms with E-state index in [1.165, 1.54) is 0 Å². The summed E-state index contributed by atoms with van der Waals surface area (Å²) in [6.45, 7) is 4.22. The molecule has 1 aromatic rings. The van der Waals surface area contributed by atoms with Crippen LogP contribution in [-0.4, -0.2) is 26.5 Å². The standard InChI is InChI=1S/C12H18ClNO2S/c1-10(2)9-17(15,16)7-6-14-12-5-3-4-11(13)8-12/h3-5,8,10,14H,6-7,9H2,1-2H3. The van der Waals surface area contributed by atoms with Crippen LogP contribution in [0.1, 0.15) is 13.8 Å². The van der Waals surface area contributed by atoms with E-state index < -0.39 is 9.84 Å². The molecule has 0 saturated carbocycles. The second-order valence-electron chi connectivity index (χ2n) is 4.45. The van der Waals surface area contributed by atoms with Crippen LogP contribution in [0.25, 0.3) is 0 Å². The molecule has 5 heteroatoms. The van der Waals surface area contributed by atoms with Gasteiger partial charge in [-0.3, -0.25) is 0 Å². The Labute approximate surface area is 108 Å². The van der Waals surface area contributed by atoms with Crippen molar-refractivity contribution in [3.63, 3.8) is 0 Å². The lowest BCUT2D eigenvalue weighted by atomic mass is 10.3. The van der Waals surface area contributed by atoms with Gasteiger partial charge < -0.3 is 5.32 Å². The summed E-state index contributed by atoms with van der Waals surface area (Å²) >= 11 is 5.82. The van der Waals surface area contributed by atoms with Crippen LogP contribution in [-0.2, 0) is 9.84 Å². The lowest BCUT2D eigenvalue weighted by Crippen LogP contribution is -2.20. The first-order valence-electron chi connectivity index (χ1n) is 5.59. The third-order valence-corrected chi connectivity index (χ3v) is 4.39. The highest BCUT2D eigenvalue weighted by atomic mass is 35.5. The largest absolute Gasteiger partial charge is 0.384 e. The van der Waals surface area contributed by atoms with Crippen LogP contribution in [0.2, 0.25) is 5.02 Å². The van der Waals surface area contributed by atoms with E-state index in [1.54, 1.807) is 12.1 Å². The molecule has 0 aliphatic rings. The van der Waals surface area contributed by atoms with E-state index >= 15 is 0 Å². The summed E-state index contributed by atoms with van der Waals surface area (Å²) in [6, 6.07) is 7.24. The molecule has 0 atom stereocenters. The number of sulfone groups is 1. The summed E-state index contributed by atoms with van der Waals surface area (Å²) in [5.74, 6) is 0.563. The summed E-state index contributed by atoms with van der Waals surface area (Å²) < 4.78 is 23.3. The lowest BCUT2D eigenvalue weighted by molar-refractivity contribution is 0.583. The number of benzene rings is 1. The van der Waals surface area contributed by atoms with Crippen LogP contribution in [0.3, 0.4) is 0 Å². The van der Waals surface area contributed by atoms with Crippen molar-refractivity contribution in [2.45, 2.75) is 13.8 Å². The summed E-state index contributed by atoms with van der Waals surface area (Å²) in [5.41, 5.74) is 0.845. The SMILES string of the molecule is CC(C)CS(=O)(=O)CCNc1cccc(Cl)c1. The minimum Gasteiger partial charge on any atom is -0.384 e. The van der Waals surface area contributed by atoms with Gasteiger partial charge in [-0.2, -0.15) is 0 Å². The zero-order valence-electron chi connectivity index (χ0n) is 10.1. The van der Waals surface area contributed by atoms with Gasteiger partial charge in [-0.05, 0) is 24.1 Å². The predicted molar refractivity (Wildman–Crippen MR) is 73.4 cm³/mol. The van der Waals surface area contributed by atoms with Crippen molar-refractivity contribution >= 4 is 27.1 Å². The van der Waals surface area contributed by atoms with Gasteiger partial charge in [-0.25, -0.2) is 8.42 Å². The molecule has 17 heavy (non-hydrogen) atoms. The average Bonchev–Trinajstić information content (AvgIpc) is 2.15. The molecule has 1 aromatic carbocycles. The van der Waals surface area contributed by atoms with Crippen LogP contribution in [0.15, 0.2) is 24.3 Å². The van der Waals surface area contributed by atoms with E-state index in [-0.39, 0.29) is 17.4 Å². The summed E-state index contributed by atoms with van der Waals surface area (Å²) in [7, 11) is -2.96. The summed E-state index contributed by atoms with van der Waals surface area (Å²) in [4.78, 5) is 0. The van der Waals surface area contributed by atoms with Crippen LogP contribution in [0, 0.1) is 5.92 Å². The van der Waals surface area contributed by atoms with Gasteiger partial charge in [0.25, 0.3) is 0 Å². The maximum absolute atomic E-state index is 11.6. The first kappa shape index (κ1) is 14.3. The van der Waals surface area contributed by atoms with E-state index in [1.807, 2.05) is 26.0 Å². The smallest absolute Gasteiger partial charge is 0.152 e. The van der Waals surface area contributed by atoms with Crippen molar-refractivity contribution in [1.82, 2.24) is 0 Å². The van der Waals surface area contributed by atoms with Gasteiger partial charge in [0.2, 0.25) is 0 Å². The van der Waals surface area contributed by atoms with Crippen molar-refractivity contribution in [3.8, 4) is 0 Å². The van der Waals surface area contributed by atoms with Gasteiger partial charge in [0.1, 0.15) is 0 Å². The number of nitrogens with one attached hydrogen (secondary N) is 1. The Balaban J connectivity index is 2.43. The molecule has 0 heterocycles. The average molecular weight is 276 g/mol. The van der Waals surface area contributed by atoms with Crippen molar-refractivity contribution in [3.05, 3.63) is 29.3 Å². The molecule has 0 radical (unpaired) electrons. The summed E-state index contributed by atoms with van der Waals surface area (Å²) in [5, 5.41) is 3.69. The molecule has 0 aliphatic heterocycles. The number of rotatable bonds is 6. The van der Waals surface area contributed by atoms with Crippen molar-refractivity contribution in [2.24, 2.45) is 5.92 Å². The third-order valence-electron chi connectivity index (χ3n) is 2.15. The zero-order chi connectivity index (χ0) is 12.9. The number of anilines is 1. The summed E-state index contributed by atoms with van der Waals surface area (Å²) in [6.07, 6.45) is 0. The highest BCUT2D eigenvalue weighted by molar-refractivity contribution is 7.91. The van der Waals surface area contributed by atoms with E-state index in [4.69, 9.17) is 11.6 Å². The number of halogens is 1. The maximum atomic E-state index is 11.6. The molecule has 0 bridgehead atoms. The van der Waals surface area contributed by atoms with Gasteiger partial charge in [-0.15, -0.1) is 0 Å². The monoisotopic (exact) mass is 275 g/mol. The molecular formula is C12H18ClNO2S. The van der Waals surface area contributed by atoms with Crippen LogP contribution in [0.4, 0.5) is 5.69 Å². The molecule has 3 nitrogen and oxygen atoms in total. The Bertz CT molecular complexity index is 457. The van der Waals surface area contributed by atoms with Crippen LogP contribution < -0.4 is 5.32 Å². The highest BCUT2D eigenvalue weighted by Crippen LogP contribution is 2.14. The van der Waals surface area contributed by atoms with Crippen molar-refractivity contribution in [1.29, 1.82) is 0 Å². The Hall–Kier alpha value is -0.740. The Morgan fingerprint density at radius 3 is 2.65 bits per heavy atom. The molecule has 1 rings (SSSR count). The topological polar surface area (TPSA) is 46.2 Å². The highest BCUT2D eigenvalue weighted by Gasteiger charge is 2.12. The molecule has 0 aromatic heterocycles. The van der Waals surface area contributed by atoms with E-state index in [0.29, 0.717) is 11.6 Å². The minimum atomic E-state index is -2.96. The lowest BCUT2D eigenvalue weighted by Gasteiger charge is -2.09. The van der Waals surface area contributed by atoms with Crippen molar-refractivity contribution < 1.29 is 8.42 Å². The van der Waals surface area contributed by atoms with Gasteiger partial charge in [0.05, 0.1) is 11.5 Å². The molecular weight excluding hydrogens is 258 g/mol. The third kappa shape index (κ3) is 5.94. The van der Waals surface area contributed by atoms with Crippen LogP contribution in [0.5, 0.6) is 0 Å². The molecule has 0 spiro atoms. The molecule has 0 saturated heterocycles. The molecule has 0 fully saturated rings. The van der Waals surface area contributed by atoms with Crippen LogP contribution >= 0.6 is 11.6 Å². The van der Waals surface area contributed by atoms with Gasteiger partial charge >= 0.3 is 0 Å². The molecule has 0 aliphatic carbocycles. The fourth-order valence-corrected chi connectivity index (χ4v) is 3.33. The second-order valence-corrected chi connectivity index (χ2v) is 7.11. The van der Waals surface area contributed by atoms with E-state index in [0.717, 1.165) is 5.69 Å². The maximum Gasteiger partial charge on any atom is 0.152 e. The Morgan fingerprint density at radius 2 is 2.06 bits per heavy atom. The molecule has 0 unspecified atom stereocenters. The van der Waals surface area contributed by atoms with Gasteiger partial charge in [0, 0.05) is 17.3 Å². The molecule has 1 N–H and O–H groups in total. The normalized spacial score (nSPS) is 11.8. The quantitative estimate of drug-likeness (QED) is 0.868. The van der Waals surface area contributed by atoms with E-state index in [2.05, 4.69) is 5.32 Å². The second kappa shape index (κ2) is 6.26. The molecule has 96 valence electrons. The fraction of sp³-hybridized carbons (Fsp3) is 0.500. The predicted octanol–water partition coefficient (Wildman–Crippen LogP) is 2.82. The van der Waals surface area contributed by atoms with E-state index in [9.17, 15) is 8.42 Å². The molecule has 0 amide bonds. The fourth-order valence-electron chi connectivity index (χ4n) is 1.54. The first-order valence-corrected chi connectivity index (χ1v) is 7.79. The Kier molecular flexibility index (Phi) is 5.28. The zero-order valence-corrected chi connectivity index (χ0v) is 11.7. The first-order chi connectivity index (χ1) is 7.89. The Morgan fingerprint density at radius 1 is 1.35 bits per heavy atom. The van der Waals surface area contributed by atoms with Gasteiger partial charge in [-0.1, -0.05) is 31.5 Å². The minimum absolute atomic E-state index is 0.150. The van der Waals surface area contributed by atoms with Gasteiger partial charge in [0.15, 0.2) is 9.84 Å². The number of hydrogen-bond acceptors (Lipinski definition) is 3. The van der Waals surface area contributed by atoms with Crippen molar-refractivity contribution in [2.75, 3.05) is 23.4 Å². The number of hydrogen-bond donors (Lipinski definition) is 1.